The monoisotopic (exact) mass is 338 g/mol. The molecule has 11 nitrogen and oxygen atoms in total. The van der Waals surface area contributed by atoms with Crippen LogP contribution in [0.5, 0.6) is 0 Å². The second-order valence-corrected chi connectivity index (χ2v) is 5.31. The number of carboxylic acid groups (broad SMARTS) is 1. The first-order valence-electron chi connectivity index (χ1n) is 6.89. The van der Waals surface area contributed by atoms with Crippen molar-refractivity contribution in [1.29, 1.82) is 0 Å². The summed E-state index contributed by atoms with van der Waals surface area (Å²) in [6.45, 7) is -1.00. The third kappa shape index (κ3) is 4.57. The number of aliphatic carboxylic acids is 1. The minimum absolute atomic E-state index is 0.127. The lowest BCUT2D eigenvalue weighted by Crippen LogP contribution is -2.67. The van der Waals surface area contributed by atoms with Crippen LogP contribution in [0.1, 0.15) is 6.42 Å². The molecule has 0 aromatic heterocycles. The number of hydrogen-bond donors (Lipinski definition) is 8. The average Bonchev–Trinajstić information content (AvgIpc) is 2.48. The van der Waals surface area contributed by atoms with E-state index in [0.717, 1.165) is 0 Å². The van der Waals surface area contributed by atoms with E-state index in [9.17, 15) is 30.0 Å². The van der Waals surface area contributed by atoms with Gasteiger partial charge in [0.25, 0.3) is 5.79 Å². The Balaban J connectivity index is 3.04. The second kappa shape index (κ2) is 7.97. The quantitative estimate of drug-likeness (QED) is 0.224. The summed E-state index contributed by atoms with van der Waals surface area (Å²) in [6.07, 6.45) is -7.59. The maximum absolute atomic E-state index is 11.6. The Morgan fingerprint density at radius 3 is 2.48 bits per heavy atom. The van der Waals surface area contributed by atoms with Gasteiger partial charge in [-0.3, -0.25) is 4.79 Å². The summed E-state index contributed by atoms with van der Waals surface area (Å²) in [4.78, 5) is 22.7. The van der Waals surface area contributed by atoms with Crippen LogP contribution in [0.15, 0.2) is 0 Å². The number of carbonyl (C=O) groups is 2. The van der Waals surface area contributed by atoms with Gasteiger partial charge >= 0.3 is 5.97 Å². The van der Waals surface area contributed by atoms with Gasteiger partial charge in [0.2, 0.25) is 5.91 Å². The fourth-order valence-electron chi connectivity index (χ4n) is 2.30. The zero-order valence-electron chi connectivity index (χ0n) is 12.4. The van der Waals surface area contributed by atoms with Gasteiger partial charge in [0.15, 0.2) is 0 Å². The summed E-state index contributed by atoms with van der Waals surface area (Å²) >= 11 is 0. The molecule has 0 radical (unpaired) electrons. The van der Waals surface area contributed by atoms with Gasteiger partial charge in [-0.2, -0.15) is 0 Å². The van der Waals surface area contributed by atoms with Crippen molar-refractivity contribution in [3.8, 4) is 0 Å². The smallest absolute Gasteiger partial charge is 0.364 e. The Morgan fingerprint density at radius 2 is 2.00 bits per heavy atom. The SMILES string of the molecule is CNCC(=O)NC1C(O)CC(O)(C(=O)O)OC1[C@H](O)[C@H](O)CO. The summed E-state index contributed by atoms with van der Waals surface area (Å²) < 4.78 is 4.92. The van der Waals surface area contributed by atoms with Crippen LogP contribution in [0.25, 0.3) is 0 Å². The Morgan fingerprint density at radius 1 is 1.39 bits per heavy atom. The van der Waals surface area contributed by atoms with Crippen LogP contribution >= 0.6 is 0 Å². The van der Waals surface area contributed by atoms with Crippen LogP contribution in [-0.2, 0) is 14.3 Å². The predicted molar refractivity (Wildman–Crippen MR) is 73.0 cm³/mol. The van der Waals surface area contributed by atoms with Crippen LogP contribution in [-0.4, -0.2) is 99.0 Å². The van der Waals surface area contributed by atoms with E-state index in [1.807, 2.05) is 0 Å². The molecule has 8 N–H and O–H groups in total. The summed E-state index contributed by atoms with van der Waals surface area (Å²) in [5.41, 5.74) is 0. The molecule has 1 aliphatic rings. The molecule has 0 spiro atoms. The first-order valence-corrected chi connectivity index (χ1v) is 6.89. The van der Waals surface area contributed by atoms with E-state index in [4.69, 9.17) is 14.9 Å². The summed E-state index contributed by atoms with van der Waals surface area (Å²) in [5.74, 6) is -5.19. The highest BCUT2D eigenvalue weighted by Gasteiger charge is 2.53. The molecular formula is C12H22N2O9. The highest BCUT2D eigenvalue weighted by atomic mass is 16.7. The van der Waals surface area contributed by atoms with E-state index in [1.165, 1.54) is 7.05 Å². The largest absolute Gasteiger partial charge is 0.477 e. The van der Waals surface area contributed by atoms with E-state index in [0.29, 0.717) is 0 Å². The number of carbonyl (C=O) groups excluding carboxylic acids is 1. The summed E-state index contributed by atoms with van der Waals surface area (Å²) in [5, 5.41) is 62.2. The van der Waals surface area contributed by atoms with Crippen LogP contribution in [0.2, 0.25) is 0 Å². The number of aliphatic hydroxyl groups excluding tert-OH is 4. The van der Waals surface area contributed by atoms with Gasteiger partial charge < -0.3 is 46.0 Å². The van der Waals surface area contributed by atoms with Crippen molar-refractivity contribution >= 4 is 11.9 Å². The van der Waals surface area contributed by atoms with Crippen molar-refractivity contribution in [3.63, 3.8) is 0 Å². The standard InChI is InChI=1S/C12H22N2O9/c1-13-3-7(18)14-8-5(16)2-12(22,11(20)21)23-10(8)9(19)6(17)4-15/h5-6,8-10,13,15-17,19,22H,2-4H2,1H3,(H,14,18)(H,20,21)/t5?,6-,8?,9-,10?,12?/m1/s1. The van der Waals surface area contributed by atoms with Gasteiger partial charge in [0, 0.05) is 6.42 Å². The molecule has 1 aliphatic heterocycles. The van der Waals surface area contributed by atoms with E-state index in [2.05, 4.69) is 10.6 Å². The van der Waals surface area contributed by atoms with Crippen LogP contribution in [0, 0.1) is 0 Å². The number of likely N-dealkylation sites (N-methyl/N-ethyl adjacent to an activating group) is 1. The van der Waals surface area contributed by atoms with E-state index in [1.54, 1.807) is 0 Å². The van der Waals surface area contributed by atoms with Crippen LogP contribution < -0.4 is 10.6 Å². The Labute approximate surface area is 131 Å². The topological polar surface area (TPSA) is 189 Å². The Kier molecular flexibility index (Phi) is 6.83. The summed E-state index contributed by atoms with van der Waals surface area (Å²) in [7, 11) is 1.50. The van der Waals surface area contributed by atoms with E-state index >= 15 is 0 Å². The molecule has 1 fully saturated rings. The minimum atomic E-state index is -2.80. The highest BCUT2D eigenvalue weighted by Crippen LogP contribution is 2.30. The zero-order valence-corrected chi connectivity index (χ0v) is 12.4. The molecule has 4 unspecified atom stereocenters. The number of carboxylic acids is 1. The number of rotatable bonds is 7. The zero-order chi connectivity index (χ0) is 17.8. The number of ether oxygens (including phenoxy) is 1. The van der Waals surface area contributed by atoms with Crippen molar-refractivity contribution in [3.05, 3.63) is 0 Å². The molecule has 0 aromatic carbocycles. The molecule has 0 bridgehead atoms. The van der Waals surface area contributed by atoms with Crippen molar-refractivity contribution in [2.45, 2.75) is 42.7 Å². The van der Waals surface area contributed by atoms with Gasteiger partial charge in [-0.05, 0) is 7.05 Å². The first-order chi connectivity index (χ1) is 10.7. The van der Waals surface area contributed by atoms with Crippen molar-refractivity contribution in [2.75, 3.05) is 20.2 Å². The molecule has 1 rings (SSSR count). The lowest BCUT2D eigenvalue weighted by molar-refractivity contribution is -0.295. The number of nitrogens with one attached hydrogen (secondary N) is 2. The molecule has 0 aromatic rings. The van der Waals surface area contributed by atoms with Gasteiger partial charge in [-0.15, -0.1) is 0 Å². The molecular weight excluding hydrogens is 316 g/mol. The number of aliphatic hydroxyl groups is 5. The number of amides is 1. The number of hydrogen-bond acceptors (Lipinski definition) is 9. The minimum Gasteiger partial charge on any atom is -0.477 e. The van der Waals surface area contributed by atoms with Crippen molar-refractivity contribution in [1.82, 2.24) is 10.6 Å². The molecule has 1 saturated heterocycles. The van der Waals surface area contributed by atoms with E-state index < -0.39 is 61.1 Å². The normalized spacial score (nSPS) is 33.7. The lowest BCUT2D eigenvalue weighted by atomic mass is 9.88. The van der Waals surface area contributed by atoms with Gasteiger partial charge in [0.1, 0.15) is 18.3 Å². The lowest BCUT2D eigenvalue weighted by Gasteiger charge is -2.44. The third-order valence-corrected chi connectivity index (χ3v) is 3.50. The maximum Gasteiger partial charge on any atom is 0.364 e. The van der Waals surface area contributed by atoms with Crippen molar-refractivity contribution < 1.29 is 45.0 Å². The molecule has 6 atom stereocenters. The maximum atomic E-state index is 11.6. The molecule has 11 heteroatoms. The second-order valence-electron chi connectivity index (χ2n) is 5.31. The Hall–Kier alpha value is -1.34. The van der Waals surface area contributed by atoms with Crippen molar-refractivity contribution in [2.24, 2.45) is 0 Å². The molecule has 23 heavy (non-hydrogen) atoms. The fourth-order valence-corrected chi connectivity index (χ4v) is 2.30. The van der Waals surface area contributed by atoms with E-state index in [-0.39, 0.29) is 6.54 Å². The molecule has 1 heterocycles. The fraction of sp³-hybridized carbons (Fsp3) is 0.833. The highest BCUT2D eigenvalue weighted by molar-refractivity contribution is 5.79. The van der Waals surface area contributed by atoms with Gasteiger partial charge in [-0.25, -0.2) is 4.79 Å². The predicted octanol–water partition coefficient (Wildman–Crippen LogP) is -4.67. The average molecular weight is 338 g/mol. The summed E-state index contributed by atoms with van der Waals surface area (Å²) in [6, 6.07) is -1.30. The van der Waals surface area contributed by atoms with Crippen LogP contribution in [0.4, 0.5) is 0 Å². The van der Waals surface area contributed by atoms with Crippen LogP contribution in [0.3, 0.4) is 0 Å². The Bertz CT molecular complexity index is 435. The van der Waals surface area contributed by atoms with Gasteiger partial charge in [-0.1, -0.05) is 0 Å². The van der Waals surface area contributed by atoms with Gasteiger partial charge in [0.05, 0.1) is 25.3 Å². The third-order valence-electron chi connectivity index (χ3n) is 3.50. The molecule has 0 aliphatic carbocycles. The first kappa shape index (κ1) is 19.7. The molecule has 0 saturated carbocycles. The molecule has 1 amide bonds. The molecule has 134 valence electrons.